The summed E-state index contributed by atoms with van der Waals surface area (Å²) in [6, 6.07) is 0.681. The second kappa shape index (κ2) is 5.05. The van der Waals surface area contributed by atoms with E-state index in [1.807, 2.05) is 0 Å². The molecule has 0 radical (unpaired) electrons. The van der Waals surface area contributed by atoms with Gasteiger partial charge in [0.25, 0.3) is 0 Å². The summed E-state index contributed by atoms with van der Waals surface area (Å²) in [5.41, 5.74) is 1.23. The van der Waals surface area contributed by atoms with Crippen LogP contribution < -0.4 is 5.32 Å². The number of aryl methyl sites for hydroxylation is 1. The predicted octanol–water partition coefficient (Wildman–Crippen LogP) is 1.64. The molecule has 0 bridgehead atoms. The van der Waals surface area contributed by atoms with Crippen molar-refractivity contribution >= 4 is 11.3 Å². The fourth-order valence-electron chi connectivity index (χ4n) is 2.10. The van der Waals surface area contributed by atoms with Crippen LogP contribution in [0.1, 0.15) is 24.0 Å². The first-order valence-electron chi connectivity index (χ1n) is 5.65. The van der Waals surface area contributed by atoms with Crippen molar-refractivity contribution < 1.29 is 0 Å². The largest absolute Gasteiger partial charge is 0.314 e. The third-order valence-corrected chi connectivity index (χ3v) is 3.80. The van der Waals surface area contributed by atoms with Gasteiger partial charge in [0, 0.05) is 37.6 Å². The predicted molar refractivity (Wildman–Crippen MR) is 64.2 cm³/mol. The van der Waals surface area contributed by atoms with E-state index in [9.17, 15) is 0 Å². The maximum Gasteiger partial charge on any atom is 0.0897 e. The Labute approximate surface area is 95.5 Å². The molecule has 1 aliphatic rings. The summed E-state index contributed by atoms with van der Waals surface area (Å²) in [5.74, 6) is 0. The average molecular weight is 225 g/mol. The number of piperazine rings is 1. The first-order chi connectivity index (χ1) is 7.29. The van der Waals surface area contributed by atoms with Gasteiger partial charge in [-0.2, -0.15) is 0 Å². The van der Waals surface area contributed by atoms with Gasteiger partial charge in [-0.1, -0.05) is 6.92 Å². The van der Waals surface area contributed by atoms with Gasteiger partial charge in [-0.15, -0.1) is 11.3 Å². The Morgan fingerprint density at radius 2 is 2.53 bits per heavy atom. The first kappa shape index (κ1) is 11.0. The molecule has 0 saturated carbocycles. The minimum atomic E-state index is 0.681. The van der Waals surface area contributed by atoms with Crippen molar-refractivity contribution in [1.82, 2.24) is 15.2 Å². The Bertz CT molecular complexity index is 311. The van der Waals surface area contributed by atoms with Crippen LogP contribution in [-0.4, -0.2) is 35.6 Å². The average Bonchev–Trinajstić information content (AvgIpc) is 2.65. The van der Waals surface area contributed by atoms with Crippen molar-refractivity contribution in [2.24, 2.45) is 0 Å². The van der Waals surface area contributed by atoms with Crippen LogP contribution in [0, 0.1) is 6.92 Å². The van der Waals surface area contributed by atoms with Gasteiger partial charge < -0.3 is 5.32 Å². The molecule has 15 heavy (non-hydrogen) atoms. The van der Waals surface area contributed by atoms with E-state index in [0.717, 1.165) is 26.2 Å². The van der Waals surface area contributed by atoms with Gasteiger partial charge in [-0.25, -0.2) is 4.98 Å². The number of nitrogens with one attached hydrogen (secondary N) is 1. The number of nitrogens with zero attached hydrogens (tertiary/aromatic N) is 2. The van der Waals surface area contributed by atoms with E-state index in [2.05, 4.69) is 34.4 Å². The molecule has 1 saturated heterocycles. The van der Waals surface area contributed by atoms with E-state index in [1.54, 1.807) is 11.3 Å². The Morgan fingerprint density at radius 3 is 3.20 bits per heavy atom. The van der Waals surface area contributed by atoms with Gasteiger partial charge in [0.2, 0.25) is 0 Å². The van der Waals surface area contributed by atoms with Crippen molar-refractivity contribution in [2.45, 2.75) is 32.9 Å². The number of hydrogen-bond donors (Lipinski definition) is 1. The van der Waals surface area contributed by atoms with E-state index in [-0.39, 0.29) is 0 Å². The summed E-state index contributed by atoms with van der Waals surface area (Å²) >= 11 is 1.75. The van der Waals surface area contributed by atoms with Crippen molar-refractivity contribution in [3.05, 3.63) is 16.1 Å². The molecule has 1 aromatic rings. The van der Waals surface area contributed by atoms with Crippen molar-refractivity contribution in [2.75, 3.05) is 19.6 Å². The standard InChI is InChI=1S/C11H19N3S/c1-3-11-6-12-4-5-14(11)7-10-8-15-9(2)13-10/h8,11-12H,3-7H2,1-2H3. The first-order valence-corrected chi connectivity index (χ1v) is 6.53. The van der Waals surface area contributed by atoms with Gasteiger partial charge in [-0.05, 0) is 13.3 Å². The zero-order chi connectivity index (χ0) is 10.7. The zero-order valence-corrected chi connectivity index (χ0v) is 10.3. The van der Waals surface area contributed by atoms with Crippen molar-refractivity contribution in [3.8, 4) is 0 Å². The maximum absolute atomic E-state index is 4.53. The molecular weight excluding hydrogens is 206 g/mol. The third-order valence-electron chi connectivity index (χ3n) is 2.98. The van der Waals surface area contributed by atoms with E-state index in [4.69, 9.17) is 0 Å². The molecular formula is C11H19N3S. The lowest BCUT2D eigenvalue weighted by Crippen LogP contribution is -2.50. The summed E-state index contributed by atoms with van der Waals surface area (Å²) in [6.07, 6.45) is 1.22. The third kappa shape index (κ3) is 2.77. The fourth-order valence-corrected chi connectivity index (χ4v) is 2.71. The molecule has 1 N–H and O–H groups in total. The Hall–Kier alpha value is -0.450. The summed E-state index contributed by atoms with van der Waals surface area (Å²) in [4.78, 5) is 7.08. The van der Waals surface area contributed by atoms with Gasteiger partial charge >= 0.3 is 0 Å². The van der Waals surface area contributed by atoms with E-state index in [1.165, 1.54) is 17.1 Å². The second-order valence-electron chi connectivity index (χ2n) is 4.09. The Morgan fingerprint density at radius 1 is 1.67 bits per heavy atom. The molecule has 0 spiro atoms. The molecule has 1 fully saturated rings. The summed E-state index contributed by atoms with van der Waals surface area (Å²) in [5, 5.41) is 6.81. The molecule has 3 nitrogen and oxygen atoms in total. The minimum absolute atomic E-state index is 0.681. The molecule has 2 rings (SSSR count). The molecule has 0 amide bonds. The Kier molecular flexibility index (Phi) is 3.72. The van der Waals surface area contributed by atoms with Crippen LogP contribution in [0.3, 0.4) is 0 Å². The number of rotatable bonds is 3. The van der Waals surface area contributed by atoms with Gasteiger partial charge in [0.15, 0.2) is 0 Å². The summed E-state index contributed by atoms with van der Waals surface area (Å²) < 4.78 is 0. The smallest absolute Gasteiger partial charge is 0.0897 e. The van der Waals surface area contributed by atoms with E-state index < -0.39 is 0 Å². The molecule has 4 heteroatoms. The topological polar surface area (TPSA) is 28.2 Å². The summed E-state index contributed by atoms with van der Waals surface area (Å²) in [7, 11) is 0. The molecule has 1 unspecified atom stereocenters. The highest BCUT2D eigenvalue weighted by Crippen LogP contribution is 2.14. The van der Waals surface area contributed by atoms with Crippen LogP contribution in [0.25, 0.3) is 0 Å². The molecule has 84 valence electrons. The Balaban J connectivity index is 1.97. The lowest BCUT2D eigenvalue weighted by Gasteiger charge is -2.35. The fraction of sp³-hybridized carbons (Fsp3) is 0.727. The number of hydrogen-bond acceptors (Lipinski definition) is 4. The lowest BCUT2D eigenvalue weighted by molar-refractivity contribution is 0.147. The van der Waals surface area contributed by atoms with Gasteiger partial charge in [0.1, 0.15) is 0 Å². The van der Waals surface area contributed by atoms with E-state index in [0.29, 0.717) is 6.04 Å². The quantitative estimate of drug-likeness (QED) is 0.847. The molecule has 0 aromatic carbocycles. The molecule has 1 aromatic heterocycles. The van der Waals surface area contributed by atoms with Crippen molar-refractivity contribution in [3.63, 3.8) is 0 Å². The van der Waals surface area contributed by atoms with Crippen molar-refractivity contribution in [1.29, 1.82) is 0 Å². The molecule has 1 aliphatic heterocycles. The number of aromatic nitrogens is 1. The monoisotopic (exact) mass is 225 g/mol. The van der Waals surface area contributed by atoms with Crippen LogP contribution in [0.4, 0.5) is 0 Å². The van der Waals surface area contributed by atoms with Crippen LogP contribution >= 0.6 is 11.3 Å². The molecule has 2 heterocycles. The molecule has 0 aliphatic carbocycles. The van der Waals surface area contributed by atoms with Crippen LogP contribution in [0.2, 0.25) is 0 Å². The highest BCUT2D eigenvalue weighted by molar-refractivity contribution is 7.09. The van der Waals surface area contributed by atoms with Crippen LogP contribution in [0.15, 0.2) is 5.38 Å². The zero-order valence-electron chi connectivity index (χ0n) is 9.49. The highest BCUT2D eigenvalue weighted by atomic mass is 32.1. The van der Waals surface area contributed by atoms with Gasteiger partial charge in [0.05, 0.1) is 10.7 Å². The lowest BCUT2D eigenvalue weighted by atomic mass is 10.1. The second-order valence-corrected chi connectivity index (χ2v) is 5.16. The maximum atomic E-state index is 4.53. The van der Waals surface area contributed by atoms with Gasteiger partial charge in [-0.3, -0.25) is 4.90 Å². The van der Waals surface area contributed by atoms with Crippen LogP contribution in [-0.2, 0) is 6.54 Å². The highest BCUT2D eigenvalue weighted by Gasteiger charge is 2.20. The SMILES string of the molecule is CCC1CNCCN1Cc1csc(C)n1. The molecule has 1 atom stereocenters. The minimum Gasteiger partial charge on any atom is -0.314 e. The number of thiazole rings is 1. The summed E-state index contributed by atoms with van der Waals surface area (Å²) in [6.45, 7) is 8.74. The van der Waals surface area contributed by atoms with Crippen LogP contribution in [0.5, 0.6) is 0 Å². The van der Waals surface area contributed by atoms with E-state index >= 15 is 0 Å². The normalized spacial score (nSPS) is 23.2.